The van der Waals surface area contributed by atoms with E-state index in [2.05, 4.69) is 5.16 Å². The summed E-state index contributed by atoms with van der Waals surface area (Å²) >= 11 is 6.40. The number of rotatable bonds is 6. The molecule has 4 atom stereocenters. The smallest absolute Gasteiger partial charge is 0.111 e. The highest BCUT2D eigenvalue weighted by Crippen LogP contribution is 2.34. The van der Waals surface area contributed by atoms with Crippen LogP contribution in [0.25, 0.3) is 0 Å². The van der Waals surface area contributed by atoms with Crippen molar-refractivity contribution in [2.24, 2.45) is 5.16 Å². The minimum atomic E-state index is -1.06. The number of nitrogens with zero attached hydrogens (tertiary/aromatic N) is 1. The van der Waals surface area contributed by atoms with Crippen LogP contribution in [-0.4, -0.2) is 53.1 Å². The topological polar surface area (TPSA) is 91.5 Å². The van der Waals surface area contributed by atoms with Crippen molar-refractivity contribution in [1.82, 2.24) is 0 Å². The molecular weight excluding hydrogens is 394 g/mol. The molecule has 1 heterocycles. The monoisotopic (exact) mass is 419 g/mol. The zero-order chi connectivity index (χ0) is 21.0. The van der Waals surface area contributed by atoms with Gasteiger partial charge in [-0.1, -0.05) is 53.2 Å². The Labute approximate surface area is 175 Å². The molecular formula is C22H26ClNO5. The molecule has 29 heavy (non-hydrogen) atoms. The lowest BCUT2D eigenvalue weighted by atomic mass is 9.91. The number of ether oxygens (including phenoxy) is 1. The summed E-state index contributed by atoms with van der Waals surface area (Å²) in [6.07, 6.45) is -2.44. The number of benzene rings is 2. The van der Waals surface area contributed by atoms with E-state index in [0.717, 1.165) is 22.4 Å². The van der Waals surface area contributed by atoms with Crippen molar-refractivity contribution < 1.29 is 24.9 Å². The molecule has 3 N–H and O–H groups in total. The van der Waals surface area contributed by atoms with E-state index in [1.807, 2.05) is 37.3 Å². The molecule has 1 fully saturated rings. The van der Waals surface area contributed by atoms with E-state index in [-0.39, 0.29) is 13.0 Å². The highest BCUT2D eigenvalue weighted by atomic mass is 35.5. The number of aliphatic hydroxyl groups excluding tert-OH is 3. The number of oxime groups is 1. The second kappa shape index (κ2) is 9.69. The van der Waals surface area contributed by atoms with Gasteiger partial charge in [0.25, 0.3) is 0 Å². The fourth-order valence-electron chi connectivity index (χ4n) is 3.53. The van der Waals surface area contributed by atoms with Gasteiger partial charge in [0.05, 0.1) is 24.5 Å². The van der Waals surface area contributed by atoms with Crippen molar-refractivity contribution in [1.29, 1.82) is 0 Å². The Morgan fingerprint density at radius 3 is 2.59 bits per heavy atom. The van der Waals surface area contributed by atoms with Crippen LogP contribution in [0.2, 0.25) is 5.02 Å². The summed E-state index contributed by atoms with van der Waals surface area (Å²) in [6.45, 7) is 1.67. The Balaban J connectivity index is 1.81. The molecule has 4 unspecified atom stereocenters. The Hall–Kier alpha value is -1.96. The molecule has 0 spiro atoms. The fraction of sp³-hybridized carbons (Fsp3) is 0.409. The minimum Gasteiger partial charge on any atom is -0.399 e. The molecule has 1 aliphatic heterocycles. The van der Waals surface area contributed by atoms with E-state index >= 15 is 0 Å². The number of aliphatic hydroxyl groups is 3. The van der Waals surface area contributed by atoms with Crippen LogP contribution in [0, 0.1) is 0 Å². The van der Waals surface area contributed by atoms with E-state index in [0.29, 0.717) is 17.0 Å². The molecule has 6 nitrogen and oxygen atoms in total. The largest absolute Gasteiger partial charge is 0.399 e. The second-order valence-corrected chi connectivity index (χ2v) is 7.65. The summed E-state index contributed by atoms with van der Waals surface area (Å²) in [6, 6.07) is 13.4. The van der Waals surface area contributed by atoms with Gasteiger partial charge in [-0.25, -0.2) is 0 Å². The van der Waals surface area contributed by atoms with Crippen LogP contribution in [0.3, 0.4) is 0 Å². The van der Waals surface area contributed by atoms with E-state index in [1.165, 1.54) is 7.11 Å². The summed E-state index contributed by atoms with van der Waals surface area (Å²) in [5.41, 5.74) is 4.43. The molecule has 156 valence electrons. The molecule has 0 saturated carbocycles. The molecule has 1 saturated heterocycles. The maximum absolute atomic E-state index is 10.4. The first-order valence-corrected chi connectivity index (χ1v) is 9.88. The molecule has 0 aliphatic carbocycles. The van der Waals surface area contributed by atoms with Gasteiger partial charge in [-0.15, -0.1) is 0 Å². The van der Waals surface area contributed by atoms with Gasteiger partial charge in [-0.05, 0) is 41.7 Å². The van der Waals surface area contributed by atoms with Crippen LogP contribution in [0.1, 0.15) is 41.7 Å². The SMILES string of the molecule is CON=C(C)c1ccc(Cc2cc(C3OC(CO)CC(O)C3O)ccc2Cl)cc1. The predicted octanol–water partition coefficient (Wildman–Crippen LogP) is 2.85. The number of hydrogen-bond acceptors (Lipinski definition) is 6. The minimum absolute atomic E-state index is 0.201. The lowest BCUT2D eigenvalue weighted by Gasteiger charge is -2.37. The van der Waals surface area contributed by atoms with Crippen LogP contribution in [0.5, 0.6) is 0 Å². The van der Waals surface area contributed by atoms with E-state index in [1.54, 1.807) is 12.1 Å². The van der Waals surface area contributed by atoms with E-state index < -0.39 is 24.4 Å². The second-order valence-electron chi connectivity index (χ2n) is 7.24. The van der Waals surface area contributed by atoms with Gasteiger partial charge >= 0.3 is 0 Å². The summed E-state index contributed by atoms with van der Waals surface area (Å²) < 4.78 is 5.79. The Morgan fingerprint density at radius 1 is 1.21 bits per heavy atom. The zero-order valence-corrected chi connectivity index (χ0v) is 17.2. The van der Waals surface area contributed by atoms with Crippen LogP contribution in [-0.2, 0) is 16.0 Å². The molecule has 0 bridgehead atoms. The molecule has 1 aliphatic rings. The third-order valence-corrected chi connectivity index (χ3v) is 5.51. The van der Waals surface area contributed by atoms with E-state index in [4.69, 9.17) is 21.2 Å². The highest BCUT2D eigenvalue weighted by molar-refractivity contribution is 6.31. The Kier molecular flexibility index (Phi) is 7.27. The molecule has 2 aromatic rings. The van der Waals surface area contributed by atoms with Gasteiger partial charge in [-0.3, -0.25) is 0 Å². The van der Waals surface area contributed by atoms with Gasteiger partial charge in [0.15, 0.2) is 0 Å². The summed E-state index contributed by atoms with van der Waals surface area (Å²) in [7, 11) is 1.52. The normalized spacial score (nSPS) is 25.1. The molecule has 0 aromatic heterocycles. The van der Waals surface area contributed by atoms with Crippen LogP contribution >= 0.6 is 11.6 Å². The van der Waals surface area contributed by atoms with Crippen molar-refractivity contribution in [3.8, 4) is 0 Å². The average molecular weight is 420 g/mol. The first-order valence-electron chi connectivity index (χ1n) is 9.50. The first-order chi connectivity index (χ1) is 13.9. The maximum Gasteiger partial charge on any atom is 0.111 e. The summed E-state index contributed by atoms with van der Waals surface area (Å²) in [4.78, 5) is 4.81. The van der Waals surface area contributed by atoms with Gasteiger partial charge in [0.2, 0.25) is 0 Å². The van der Waals surface area contributed by atoms with Crippen molar-refractivity contribution in [2.45, 2.75) is 44.2 Å². The van der Waals surface area contributed by atoms with Gasteiger partial charge < -0.3 is 24.9 Å². The fourth-order valence-corrected chi connectivity index (χ4v) is 3.71. The molecule has 0 amide bonds. The third kappa shape index (κ3) is 5.15. The van der Waals surface area contributed by atoms with Crippen LogP contribution in [0.4, 0.5) is 0 Å². The van der Waals surface area contributed by atoms with Gasteiger partial charge in [0, 0.05) is 11.4 Å². The van der Waals surface area contributed by atoms with Crippen molar-refractivity contribution in [2.75, 3.05) is 13.7 Å². The summed E-state index contributed by atoms with van der Waals surface area (Å²) in [5.74, 6) is 0. The molecule has 3 rings (SSSR count). The standard InChI is InChI=1S/C22H26ClNO5/c1-13(24-28-2)15-5-3-14(4-6-15)9-17-10-16(7-8-19(17)23)22-21(27)20(26)11-18(12-25)29-22/h3-8,10,18,20-22,25-27H,9,11-12H2,1-2H3. The molecule has 2 aromatic carbocycles. The van der Waals surface area contributed by atoms with Crippen LogP contribution in [0.15, 0.2) is 47.6 Å². The van der Waals surface area contributed by atoms with Crippen molar-refractivity contribution >= 4 is 17.3 Å². The predicted molar refractivity (Wildman–Crippen MR) is 111 cm³/mol. The highest BCUT2D eigenvalue weighted by Gasteiger charge is 2.37. The lowest BCUT2D eigenvalue weighted by Crippen LogP contribution is -2.44. The van der Waals surface area contributed by atoms with E-state index in [9.17, 15) is 15.3 Å². The lowest BCUT2D eigenvalue weighted by molar-refractivity contribution is -0.179. The molecule has 7 heteroatoms. The Bertz CT molecular complexity index is 855. The Morgan fingerprint density at radius 2 is 1.93 bits per heavy atom. The third-order valence-electron chi connectivity index (χ3n) is 5.14. The van der Waals surface area contributed by atoms with Gasteiger partial charge in [-0.2, -0.15) is 0 Å². The van der Waals surface area contributed by atoms with Crippen molar-refractivity contribution in [3.63, 3.8) is 0 Å². The number of halogens is 1. The first kappa shape index (κ1) is 21.7. The van der Waals surface area contributed by atoms with Crippen LogP contribution < -0.4 is 0 Å². The quantitative estimate of drug-likeness (QED) is 0.494. The van der Waals surface area contributed by atoms with Gasteiger partial charge in [0.1, 0.15) is 19.3 Å². The number of hydrogen-bond donors (Lipinski definition) is 3. The van der Waals surface area contributed by atoms with Crippen molar-refractivity contribution in [3.05, 3.63) is 69.7 Å². The molecule has 0 radical (unpaired) electrons. The average Bonchev–Trinajstić information content (AvgIpc) is 2.72. The maximum atomic E-state index is 10.4. The summed E-state index contributed by atoms with van der Waals surface area (Å²) in [5, 5.41) is 34.4. The zero-order valence-electron chi connectivity index (χ0n) is 16.5.